The van der Waals surface area contributed by atoms with E-state index in [1.54, 1.807) is 7.05 Å². The number of hydrogen-bond acceptors (Lipinski definition) is 2. The largest absolute Gasteiger partial charge is 0.341 e. The topological polar surface area (TPSA) is 32.3 Å². The first-order chi connectivity index (χ1) is 9.56. The van der Waals surface area contributed by atoms with Crippen LogP contribution in [0.25, 0.3) is 0 Å². The molecule has 1 atom stereocenters. The summed E-state index contributed by atoms with van der Waals surface area (Å²) < 4.78 is 26.3. The Morgan fingerprint density at radius 3 is 2.90 bits per heavy atom. The minimum absolute atomic E-state index is 0.000579. The van der Waals surface area contributed by atoms with Crippen LogP contribution in [-0.4, -0.2) is 30.9 Å². The van der Waals surface area contributed by atoms with Crippen LogP contribution in [0.15, 0.2) is 18.2 Å². The van der Waals surface area contributed by atoms with Gasteiger partial charge in [0.2, 0.25) is 5.91 Å². The zero-order chi connectivity index (χ0) is 14.5. The summed E-state index contributed by atoms with van der Waals surface area (Å²) in [5.74, 6) is -0.644. The van der Waals surface area contributed by atoms with Gasteiger partial charge in [-0.1, -0.05) is 6.07 Å². The van der Waals surface area contributed by atoms with E-state index in [0.717, 1.165) is 32.0 Å². The van der Waals surface area contributed by atoms with Crippen molar-refractivity contribution >= 4 is 5.91 Å². The number of amides is 1. The summed E-state index contributed by atoms with van der Waals surface area (Å²) in [4.78, 5) is 13.5. The molecular formula is C15H20F2N2O. The van der Waals surface area contributed by atoms with Gasteiger partial charge in [-0.15, -0.1) is 0 Å². The Morgan fingerprint density at radius 1 is 1.45 bits per heavy atom. The zero-order valence-electron chi connectivity index (χ0n) is 11.7. The van der Waals surface area contributed by atoms with Gasteiger partial charge in [0.15, 0.2) is 0 Å². The maximum Gasteiger partial charge on any atom is 0.222 e. The number of benzene rings is 1. The molecule has 1 aromatic carbocycles. The van der Waals surface area contributed by atoms with Crippen LogP contribution in [0.2, 0.25) is 0 Å². The molecule has 1 aliphatic rings. The van der Waals surface area contributed by atoms with Gasteiger partial charge in [-0.3, -0.25) is 4.79 Å². The molecule has 0 spiro atoms. The number of nitrogens with one attached hydrogen (secondary N) is 1. The summed E-state index contributed by atoms with van der Waals surface area (Å²) in [7, 11) is 1.65. The van der Waals surface area contributed by atoms with Crippen LogP contribution in [0.1, 0.15) is 24.8 Å². The lowest BCUT2D eigenvalue weighted by atomic mass is 10.0. The van der Waals surface area contributed by atoms with Crippen LogP contribution in [0, 0.1) is 17.6 Å². The van der Waals surface area contributed by atoms with Gasteiger partial charge in [0, 0.05) is 31.6 Å². The van der Waals surface area contributed by atoms with E-state index in [9.17, 15) is 13.6 Å². The van der Waals surface area contributed by atoms with Crippen LogP contribution < -0.4 is 5.32 Å². The molecule has 0 aliphatic carbocycles. The van der Waals surface area contributed by atoms with Crippen molar-refractivity contribution < 1.29 is 13.6 Å². The highest BCUT2D eigenvalue weighted by molar-refractivity contribution is 5.75. The fourth-order valence-electron chi connectivity index (χ4n) is 2.47. The lowest BCUT2D eigenvalue weighted by Crippen LogP contribution is -2.27. The molecule has 1 heterocycles. The molecule has 1 aromatic rings. The van der Waals surface area contributed by atoms with Gasteiger partial charge < -0.3 is 10.2 Å². The SMILES string of the molecule is CN(Cc1ccc(F)cc1F)C(=O)CCC1CCNC1. The van der Waals surface area contributed by atoms with Crippen molar-refractivity contribution in [2.45, 2.75) is 25.8 Å². The van der Waals surface area contributed by atoms with E-state index in [4.69, 9.17) is 0 Å². The van der Waals surface area contributed by atoms with Crippen molar-refractivity contribution in [1.82, 2.24) is 10.2 Å². The summed E-state index contributed by atoms with van der Waals surface area (Å²) in [5.41, 5.74) is 0.338. The van der Waals surface area contributed by atoms with Gasteiger partial charge in [-0.25, -0.2) is 8.78 Å². The molecule has 2 rings (SSSR count). The third-order valence-electron chi connectivity index (χ3n) is 3.78. The minimum atomic E-state index is -0.607. The highest BCUT2D eigenvalue weighted by atomic mass is 19.1. The van der Waals surface area contributed by atoms with Crippen molar-refractivity contribution in [2.75, 3.05) is 20.1 Å². The Balaban J connectivity index is 1.83. The quantitative estimate of drug-likeness (QED) is 0.899. The van der Waals surface area contributed by atoms with E-state index < -0.39 is 11.6 Å². The summed E-state index contributed by atoms with van der Waals surface area (Å²) in [6, 6.07) is 3.44. The Bertz CT molecular complexity index is 473. The fourth-order valence-corrected chi connectivity index (χ4v) is 2.47. The summed E-state index contributed by atoms with van der Waals surface area (Å²) in [6.45, 7) is 2.17. The smallest absolute Gasteiger partial charge is 0.222 e. The van der Waals surface area contributed by atoms with Crippen LogP contribution in [0.4, 0.5) is 8.78 Å². The molecule has 1 saturated heterocycles. The molecule has 1 fully saturated rings. The van der Waals surface area contributed by atoms with Gasteiger partial charge in [-0.05, 0) is 37.9 Å². The predicted molar refractivity (Wildman–Crippen MR) is 73.0 cm³/mol. The lowest BCUT2D eigenvalue weighted by Gasteiger charge is -2.18. The summed E-state index contributed by atoms with van der Waals surface area (Å²) >= 11 is 0. The lowest BCUT2D eigenvalue weighted by molar-refractivity contribution is -0.130. The molecule has 0 radical (unpaired) electrons. The minimum Gasteiger partial charge on any atom is -0.341 e. The molecule has 0 bridgehead atoms. The third-order valence-corrected chi connectivity index (χ3v) is 3.78. The van der Waals surface area contributed by atoms with Gasteiger partial charge in [-0.2, -0.15) is 0 Å². The van der Waals surface area contributed by atoms with E-state index in [1.165, 1.54) is 17.0 Å². The molecule has 1 amide bonds. The van der Waals surface area contributed by atoms with Crippen molar-refractivity contribution in [1.29, 1.82) is 0 Å². The summed E-state index contributed by atoms with van der Waals surface area (Å²) in [6.07, 6.45) is 2.46. The molecule has 110 valence electrons. The number of carbonyl (C=O) groups is 1. The Hall–Kier alpha value is -1.49. The molecule has 20 heavy (non-hydrogen) atoms. The number of carbonyl (C=O) groups excluding carboxylic acids is 1. The van der Waals surface area contributed by atoms with E-state index in [0.29, 0.717) is 17.9 Å². The van der Waals surface area contributed by atoms with Crippen molar-refractivity contribution in [3.05, 3.63) is 35.4 Å². The average molecular weight is 282 g/mol. The average Bonchev–Trinajstić information content (AvgIpc) is 2.92. The highest BCUT2D eigenvalue weighted by Crippen LogP contribution is 2.16. The molecule has 0 saturated carbocycles. The van der Waals surface area contributed by atoms with Gasteiger partial charge >= 0.3 is 0 Å². The highest BCUT2D eigenvalue weighted by Gasteiger charge is 2.18. The number of rotatable bonds is 5. The monoisotopic (exact) mass is 282 g/mol. The molecule has 0 aromatic heterocycles. The first-order valence-corrected chi connectivity index (χ1v) is 6.95. The maximum absolute atomic E-state index is 13.5. The molecule has 3 nitrogen and oxygen atoms in total. The fraction of sp³-hybridized carbons (Fsp3) is 0.533. The van der Waals surface area contributed by atoms with Crippen molar-refractivity contribution in [2.24, 2.45) is 5.92 Å². The predicted octanol–water partition coefficient (Wildman–Crippen LogP) is 2.31. The Morgan fingerprint density at radius 2 is 2.25 bits per heavy atom. The second kappa shape index (κ2) is 6.79. The van der Waals surface area contributed by atoms with E-state index in [-0.39, 0.29) is 12.5 Å². The van der Waals surface area contributed by atoms with E-state index in [2.05, 4.69) is 5.32 Å². The molecule has 1 unspecified atom stereocenters. The first kappa shape index (κ1) is 14.9. The van der Waals surface area contributed by atoms with Crippen LogP contribution >= 0.6 is 0 Å². The summed E-state index contributed by atoms with van der Waals surface area (Å²) in [5, 5.41) is 3.27. The molecule has 1 N–H and O–H groups in total. The number of halogens is 2. The van der Waals surface area contributed by atoms with Crippen molar-refractivity contribution in [3.8, 4) is 0 Å². The Labute approximate surface area is 118 Å². The van der Waals surface area contributed by atoms with Gasteiger partial charge in [0.25, 0.3) is 0 Å². The van der Waals surface area contributed by atoms with Crippen LogP contribution in [-0.2, 0) is 11.3 Å². The number of hydrogen-bond donors (Lipinski definition) is 1. The Kier molecular flexibility index (Phi) is 5.06. The van der Waals surface area contributed by atoms with Crippen LogP contribution in [0.3, 0.4) is 0 Å². The van der Waals surface area contributed by atoms with E-state index >= 15 is 0 Å². The standard InChI is InChI=1S/C15H20F2N2O/c1-19(10-12-3-4-13(16)8-14(12)17)15(20)5-2-11-6-7-18-9-11/h3-4,8,11,18H,2,5-7,9-10H2,1H3. The second-order valence-corrected chi connectivity index (χ2v) is 5.38. The van der Waals surface area contributed by atoms with Crippen molar-refractivity contribution in [3.63, 3.8) is 0 Å². The zero-order valence-corrected chi connectivity index (χ0v) is 11.7. The van der Waals surface area contributed by atoms with Gasteiger partial charge in [0.05, 0.1) is 0 Å². The second-order valence-electron chi connectivity index (χ2n) is 5.38. The molecule has 5 heteroatoms. The van der Waals surface area contributed by atoms with Gasteiger partial charge in [0.1, 0.15) is 11.6 Å². The van der Waals surface area contributed by atoms with E-state index in [1.807, 2.05) is 0 Å². The third kappa shape index (κ3) is 4.00. The maximum atomic E-state index is 13.5. The number of nitrogens with zero attached hydrogens (tertiary/aromatic N) is 1. The normalized spacial score (nSPS) is 18.2. The molecular weight excluding hydrogens is 262 g/mol. The molecule has 1 aliphatic heterocycles. The first-order valence-electron chi connectivity index (χ1n) is 6.95. The van der Waals surface area contributed by atoms with Crippen LogP contribution in [0.5, 0.6) is 0 Å².